The number of carbonyl (C=O) groups excluding carboxylic acids is 2. The average molecular weight is 411 g/mol. The Hall–Kier alpha value is -2.27. The summed E-state index contributed by atoms with van der Waals surface area (Å²) in [6.45, 7) is 6.15. The molecule has 5 heteroatoms. The standard InChI is InChI=1S/C24H30N2O2S/c1-24(2,3)15-22(27)26-17-29-16-21(26)23(28)25-20(19-12-8-5-9-13-19)14-18-10-6-4-7-11-18/h4-13,20-21H,14-17H2,1-3H3,(H,25,28)/t20-,21-/m0/s1. The molecule has 0 bridgehead atoms. The van der Waals surface area contributed by atoms with Crippen LogP contribution in [0.3, 0.4) is 0 Å². The quantitative estimate of drug-likeness (QED) is 0.767. The van der Waals surface area contributed by atoms with E-state index in [9.17, 15) is 9.59 Å². The summed E-state index contributed by atoms with van der Waals surface area (Å²) >= 11 is 1.64. The van der Waals surface area contributed by atoms with E-state index in [0.29, 0.717) is 24.5 Å². The predicted octanol–water partition coefficient (Wildman–Crippen LogP) is 4.42. The monoisotopic (exact) mass is 410 g/mol. The maximum atomic E-state index is 13.2. The maximum absolute atomic E-state index is 13.2. The van der Waals surface area contributed by atoms with Crippen LogP contribution in [-0.2, 0) is 16.0 Å². The van der Waals surface area contributed by atoms with Crippen molar-refractivity contribution in [2.24, 2.45) is 5.41 Å². The lowest BCUT2D eigenvalue weighted by Crippen LogP contribution is -2.49. The van der Waals surface area contributed by atoms with Crippen LogP contribution in [0.15, 0.2) is 60.7 Å². The van der Waals surface area contributed by atoms with Crippen LogP contribution in [0.25, 0.3) is 0 Å². The topological polar surface area (TPSA) is 49.4 Å². The average Bonchev–Trinajstić information content (AvgIpc) is 3.18. The second-order valence-corrected chi connectivity index (χ2v) is 9.78. The number of nitrogens with zero attached hydrogens (tertiary/aromatic N) is 1. The van der Waals surface area contributed by atoms with Crippen LogP contribution in [0, 0.1) is 5.41 Å². The van der Waals surface area contributed by atoms with Gasteiger partial charge in [0.2, 0.25) is 11.8 Å². The van der Waals surface area contributed by atoms with Crippen LogP contribution in [0.1, 0.15) is 44.4 Å². The molecular formula is C24H30N2O2S. The Morgan fingerprint density at radius 3 is 2.31 bits per heavy atom. The minimum atomic E-state index is -0.406. The molecule has 0 unspecified atom stereocenters. The lowest BCUT2D eigenvalue weighted by molar-refractivity contribution is -0.139. The molecule has 4 nitrogen and oxygen atoms in total. The molecule has 0 saturated carbocycles. The number of carbonyl (C=O) groups is 2. The molecule has 2 aromatic carbocycles. The van der Waals surface area contributed by atoms with Gasteiger partial charge in [0.15, 0.2) is 0 Å². The molecular weight excluding hydrogens is 380 g/mol. The highest BCUT2D eigenvalue weighted by Gasteiger charge is 2.36. The number of amides is 2. The van der Waals surface area contributed by atoms with Gasteiger partial charge in [-0.1, -0.05) is 81.4 Å². The van der Waals surface area contributed by atoms with Crippen LogP contribution < -0.4 is 5.32 Å². The van der Waals surface area contributed by atoms with E-state index in [1.165, 1.54) is 5.56 Å². The molecule has 2 aromatic rings. The molecule has 1 heterocycles. The zero-order chi connectivity index (χ0) is 20.9. The summed E-state index contributed by atoms with van der Waals surface area (Å²) < 4.78 is 0. The Kier molecular flexibility index (Phi) is 7.01. The van der Waals surface area contributed by atoms with Crippen molar-refractivity contribution < 1.29 is 9.59 Å². The zero-order valence-corrected chi connectivity index (χ0v) is 18.2. The molecule has 1 saturated heterocycles. The summed E-state index contributed by atoms with van der Waals surface area (Å²) in [6, 6.07) is 19.7. The van der Waals surface area contributed by atoms with Crippen molar-refractivity contribution in [1.29, 1.82) is 0 Å². The fraction of sp³-hybridized carbons (Fsp3) is 0.417. The number of benzene rings is 2. The van der Waals surface area contributed by atoms with Gasteiger partial charge < -0.3 is 10.2 Å². The van der Waals surface area contributed by atoms with Gasteiger partial charge in [0.05, 0.1) is 11.9 Å². The van der Waals surface area contributed by atoms with E-state index in [4.69, 9.17) is 0 Å². The van der Waals surface area contributed by atoms with E-state index in [1.807, 2.05) is 48.5 Å². The minimum absolute atomic E-state index is 0.0574. The first kappa shape index (κ1) is 21.4. The number of nitrogens with one attached hydrogen (secondary N) is 1. The van der Waals surface area contributed by atoms with Crippen molar-refractivity contribution >= 4 is 23.6 Å². The Balaban J connectivity index is 1.74. The molecule has 154 valence electrons. The second-order valence-electron chi connectivity index (χ2n) is 8.78. The van der Waals surface area contributed by atoms with Gasteiger partial charge in [-0.25, -0.2) is 0 Å². The van der Waals surface area contributed by atoms with E-state index in [0.717, 1.165) is 5.56 Å². The zero-order valence-electron chi connectivity index (χ0n) is 17.4. The summed E-state index contributed by atoms with van der Waals surface area (Å²) in [5, 5.41) is 3.23. The Labute approximate surface area is 178 Å². The number of rotatable bonds is 6. The summed E-state index contributed by atoms with van der Waals surface area (Å²) in [6.07, 6.45) is 1.16. The molecule has 0 aromatic heterocycles. The van der Waals surface area contributed by atoms with E-state index in [2.05, 4.69) is 38.2 Å². The van der Waals surface area contributed by atoms with Gasteiger partial charge in [-0.2, -0.15) is 0 Å². The van der Waals surface area contributed by atoms with Gasteiger partial charge in [-0.15, -0.1) is 11.8 Å². The summed E-state index contributed by atoms with van der Waals surface area (Å²) in [5.41, 5.74) is 2.15. The predicted molar refractivity (Wildman–Crippen MR) is 120 cm³/mol. The molecule has 0 aliphatic carbocycles. The molecule has 1 fully saturated rings. The number of hydrogen-bond acceptors (Lipinski definition) is 3. The first-order valence-corrected chi connectivity index (χ1v) is 11.3. The van der Waals surface area contributed by atoms with E-state index in [1.54, 1.807) is 16.7 Å². The molecule has 1 aliphatic rings. The fourth-order valence-electron chi connectivity index (χ4n) is 3.52. The summed E-state index contributed by atoms with van der Waals surface area (Å²) in [7, 11) is 0. The number of hydrogen-bond donors (Lipinski definition) is 1. The summed E-state index contributed by atoms with van der Waals surface area (Å²) in [4.78, 5) is 27.7. The third kappa shape index (κ3) is 6.10. The molecule has 0 spiro atoms. The molecule has 1 aliphatic heterocycles. The Bertz CT molecular complexity index is 818. The van der Waals surface area contributed by atoms with Gasteiger partial charge in [-0.05, 0) is 23.0 Å². The normalized spacial score (nSPS) is 17.8. The minimum Gasteiger partial charge on any atom is -0.347 e. The van der Waals surface area contributed by atoms with Gasteiger partial charge >= 0.3 is 0 Å². The van der Waals surface area contributed by atoms with Crippen LogP contribution in [0.5, 0.6) is 0 Å². The van der Waals surface area contributed by atoms with Crippen LogP contribution in [0.4, 0.5) is 0 Å². The molecule has 29 heavy (non-hydrogen) atoms. The molecule has 1 N–H and O–H groups in total. The van der Waals surface area contributed by atoms with Crippen LogP contribution >= 0.6 is 11.8 Å². The van der Waals surface area contributed by atoms with Crippen molar-refractivity contribution in [3.05, 3.63) is 71.8 Å². The van der Waals surface area contributed by atoms with Gasteiger partial charge in [0.1, 0.15) is 6.04 Å². The molecule has 0 radical (unpaired) electrons. The third-order valence-electron chi connectivity index (χ3n) is 4.99. The van der Waals surface area contributed by atoms with E-state index >= 15 is 0 Å². The molecule has 2 amide bonds. The second kappa shape index (κ2) is 9.49. The Morgan fingerprint density at radius 2 is 1.69 bits per heavy atom. The number of thioether (sulfide) groups is 1. The first-order valence-electron chi connectivity index (χ1n) is 10.1. The van der Waals surface area contributed by atoms with Crippen molar-refractivity contribution in [3.8, 4) is 0 Å². The van der Waals surface area contributed by atoms with Crippen LogP contribution in [0.2, 0.25) is 0 Å². The van der Waals surface area contributed by atoms with E-state index in [-0.39, 0.29) is 23.3 Å². The maximum Gasteiger partial charge on any atom is 0.244 e. The van der Waals surface area contributed by atoms with Crippen molar-refractivity contribution in [2.45, 2.75) is 45.7 Å². The van der Waals surface area contributed by atoms with Gasteiger partial charge in [0.25, 0.3) is 0 Å². The lowest BCUT2D eigenvalue weighted by atomic mass is 9.91. The summed E-state index contributed by atoms with van der Waals surface area (Å²) in [5.74, 6) is 1.22. The largest absolute Gasteiger partial charge is 0.347 e. The van der Waals surface area contributed by atoms with Gasteiger partial charge in [0, 0.05) is 12.2 Å². The van der Waals surface area contributed by atoms with Crippen molar-refractivity contribution in [3.63, 3.8) is 0 Å². The first-order chi connectivity index (χ1) is 13.8. The highest BCUT2D eigenvalue weighted by molar-refractivity contribution is 7.99. The molecule has 3 rings (SSSR count). The highest BCUT2D eigenvalue weighted by Crippen LogP contribution is 2.27. The van der Waals surface area contributed by atoms with Crippen molar-refractivity contribution in [1.82, 2.24) is 10.2 Å². The smallest absolute Gasteiger partial charge is 0.244 e. The SMILES string of the molecule is CC(C)(C)CC(=O)N1CSC[C@H]1C(=O)N[C@@H](Cc1ccccc1)c1ccccc1. The van der Waals surface area contributed by atoms with E-state index < -0.39 is 6.04 Å². The molecule has 2 atom stereocenters. The van der Waals surface area contributed by atoms with Crippen molar-refractivity contribution in [2.75, 3.05) is 11.6 Å². The van der Waals surface area contributed by atoms with Gasteiger partial charge in [-0.3, -0.25) is 9.59 Å². The third-order valence-corrected chi connectivity index (χ3v) is 6.00. The highest BCUT2D eigenvalue weighted by atomic mass is 32.2. The van der Waals surface area contributed by atoms with Crippen LogP contribution in [-0.4, -0.2) is 34.4 Å². The lowest BCUT2D eigenvalue weighted by Gasteiger charge is -2.28. The fourth-order valence-corrected chi connectivity index (χ4v) is 4.70. The Morgan fingerprint density at radius 1 is 1.07 bits per heavy atom.